The zero-order valence-corrected chi connectivity index (χ0v) is 14.4. The van der Waals surface area contributed by atoms with Crippen molar-refractivity contribution in [3.05, 3.63) is 45.9 Å². The van der Waals surface area contributed by atoms with Gasteiger partial charge in [0.05, 0.1) is 21.2 Å². The van der Waals surface area contributed by atoms with Crippen molar-refractivity contribution in [1.82, 2.24) is 0 Å². The number of ether oxygens (including phenoxy) is 1. The lowest BCUT2D eigenvalue weighted by molar-refractivity contribution is 0.202. The number of sulfone groups is 1. The Labute approximate surface area is 140 Å². The number of fused-ring (bicyclic) bond motifs is 1. The van der Waals surface area contributed by atoms with E-state index in [2.05, 4.69) is 15.9 Å². The molecular formula is C15H13BrF2O4S. The fourth-order valence-corrected chi connectivity index (χ4v) is 4.99. The summed E-state index contributed by atoms with van der Waals surface area (Å²) in [6.07, 6.45) is -0.433. The maximum atomic E-state index is 13.7. The Hall–Kier alpha value is -1.25. The van der Waals surface area contributed by atoms with Gasteiger partial charge in [0.15, 0.2) is 9.84 Å². The molecule has 0 saturated heterocycles. The number of hydrogen-bond acceptors (Lipinski definition) is 4. The van der Waals surface area contributed by atoms with Crippen LogP contribution in [0.15, 0.2) is 45.2 Å². The predicted octanol–water partition coefficient (Wildman–Crippen LogP) is 3.37. The first kappa shape index (κ1) is 16.6. The van der Waals surface area contributed by atoms with Crippen LogP contribution in [-0.4, -0.2) is 25.4 Å². The molecule has 0 aromatic heterocycles. The maximum absolute atomic E-state index is 13.7. The number of rotatable bonds is 2. The lowest BCUT2D eigenvalue weighted by atomic mass is 9.99. The number of aliphatic hydroxyl groups is 1. The van der Waals surface area contributed by atoms with Crippen LogP contribution < -0.4 is 4.74 Å². The summed E-state index contributed by atoms with van der Waals surface area (Å²) in [5.74, 6) is -1.72. The molecule has 2 aliphatic rings. The van der Waals surface area contributed by atoms with Gasteiger partial charge >= 0.3 is 0 Å². The van der Waals surface area contributed by atoms with Crippen LogP contribution in [0.3, 0.4) is 0 Å². The zero-order valence-electron chi connectivity index (χ0n) is 12.0. The summed E-state index contributed by atoms with van der Waals surface area (Å²) in [7, 11) is -3.53. The van der Waals surface area contributed by atoms with Gasteiger partial charge in [-0.15, -0.1) is 0 Å². The second-order valence-electron chi connectivity index (χ2n) is 5.52. The zero-order chi connectivity index (χ0) is 16.9. The summed E-state index contributed by atoms with van der Waals surface area (Å²) in [4.78, 5) is 0.0283. The minimum atomic E-state index is -3.53. The average molecular weight is 407 g/mol. The Morgan fingerprint density at radius 1 is 1.39 bits per heavy atom. The monoisotopic (exact) mass is 406 g/mol. The fourth-order valence-electron chi connectivity index (χ4n) is 2.56. The summed E-state index contributed by atoms with van der Waals surface area (Å²) in [5.41, 5.74) is 0.202. The van der Waals surface area contributed by atoms with Gasteiger partial charge < -0.3 is 9.84 Å². The van der Waals surface area contributed by atoms with Crippen molar-refractivity contribution in [2.75, 3.05) is 5.75 Å². The maximum Gasteiger partial charge on any atom is 0.181 e. The molecule has 3 rings (SSSR count). The molecule has 4 nitrogen and oxygen atoms in total. The topological polar surface area (TPSA) is 63.6 Å². The summed E-state index contributed by atoms with van der Waals surface area (Å²) in [6, 6.07) is 2.70. The Balaban J connectivity index is 1.98. The molecule has 0 fully saturated rings. The summed E-state index contributed by atoms with van der Waals surface area (Å²) in [5, 5.41) is 9.94. The minimum absolute atomic E-state index is 0.0101. The standard InChI is InChI=1S/C15H13BrF2O4S/c1-7-9(17)4-8(5-10(7)18)22-12-2-3-13-14(15(12)16)11(19)6-23(13,20)21/h2-5,7,9,11,19H,6H2,1H3/t7?,9?,11-/m0/s1. The molecule has 1 aliphatic heterocycles. The van der Waals surface area contributed by atoms with Crippen molar-refractivity contribution in [2.45, 2.75) is 24.1 Å². The molecule has 1 heterocycles. The van der Waals surface area contributed by atoms with E-state index in [1.54, 1.807) is 0 Å². The Morgan fingerprint density at radius 3 is 2.74 bits per heavy atom. The molecule has 1 aromatic rings. The quantitative estimate of drug-likeness (QED) is 0.817. The highest BCUT2D eigenvalue weighted by Crippen LogP contribution is 2.43. The number of alkyl halides is 1. The van der Waals surface area contributed by atoms with Gasteiger partial charge in [-0.05, 0) is 34.1 Å². The second kappa shape index (κ2) is 5.68. The molecule has 124 valence electrons. The number of allylic oxidation sites excluding steroid dienone is 3. The lowest BCUT2D eigenvalue weighted by Crippen LogP contribution is -2.16. The van der Waals surface area contributed by atoms with E-state index >= 15 is 0 Å². The van der Waals surface area contributed by atoms with E-state index in [0.717, 1.165) is 12.2 Å². The highest BCUT2D eigenvalue weighted by molar-refractivity contribution is 9.10. The van der Waals surface area contributed by atoms with E-state index in [4.69, 9.17) is 4.74 Å². The third-order valence-electron chi connectivity index (χ3n) is 3.89. The fraction of sp³-hybridized carbons (Fsp3) is 0.333. The first-order chi connectivity index (χ1) is 10.7. The van der Waals surface area contributed by atoms with Crippen LogP contribution in [0.5, 0.6) is 5.75 Å². The van der Waals surface area contributed by atoms with Gasteiger partial charge in [0, 0.05) is 17.6 Å². The first-order valence-electron chi connectivity index (χ1n) is 6.85. The van der Waals surface area contributed by atoms with Gasteiger partial charge in [-0.3, -0.25) is 0 Å². The molecule has 0 radical (unpaired) electrons. The first-order valence-corrected chi connectivity index (χ1v) is 9.29. The molecule has 3 atom stereocenters. The van der Waals surface area contributed by atoms with Gasteiger partial charge in [0.1, 0.15) is 23.5 Å². The average Bonchev–Trinajstić information content (AvgIpc) is 2.69. The van der Waals surface area contributed by atoms with E-state index in [1.807, 2.05) is 0 Å². The van der Waals surface area contributed by atoms with Crippen molar-refractivity contribution >= 4 is 25.8 Å². The van der Waals surface area contributed by atoms with Gasteiger partial charge in [-0.1, -0.05) is 6.92 Å². The van der Waals surface area contributed by atoms with Crippen LogP contribution in [-0.2, 0) is 9.84 Å². The van der Waals surface area contributed by atoms with E-state index in [1.165, 1.54) is 19.1 Å². The summed E-state index contributed by atoms with van der Waals surface area (Å²) < 4.78 is 56.8. The molecule has 1 aromatic carbocycles. The molecule has 0 saturated carbocycles. The smallest absolute Gasteiger partial charge is 0.181 e. The largest absolute Gasteiger partial charge is 0.456 e. The lowest BCUT2D eigenvalue weighted by Gasteiger charge is -2.19. The Morgan fingerprint density at radius 2 is 2.09 bits per heavy atom. The van der Waals surface area contributed by atoms with Crippen LogP contribution >= 0.6 is 15.9 Å². The highest BCUT2D eigenvalue weighted by Gasteiger charge is 2.36. The van der Waals surface area contributed by atoms with E-state index < -0.39 is 39.6 Å². The normalized spacial score (nSPS) is 28.8. The molecule has 0 spiro atoms. The van der Waals surface area contributed by atoms with Gasteiger partial charge in [-0.25, -0.2) is 17.2 Å². The van der Waals surface area contributed by atoms with Gasteiger partial charge in [-0.2, -0.15) is 0 Å². The predicted molar refractivity (Wildman–Crippen MR) is 83.1 cm³/mol. The van der Waals surface area contributed by atoms with E-state index in [-0.39, 0.29) is 26.4 Å². The van der Waals surface area contributed by atoms with Crippen molar-refractivity contribution in [1.29, 1.82) is 0 Å². The van der Waals surface area contributed by atoms with Crippen molar-refractivity contribution in [3.63, 3.8) is 0 Å². The molecule has 1 N–H and O–H groups in total. The number of hydrogen-bond donors (Lipinski definition) is 1. The number of aliphatic hydroxyl groups excluding tert-OH is 1. The molecule has 0 bridgehead atoms. The third kappa shape index (κ3) is 2.83. The molecule has 23 heavy (non-hydrogen) atoms. The second-order valence-corrected chi connectivity index (χ2v) is 8.32. The van der Waals surface area contributed by atoms with Crippen LogP contribution in [0, 0.1) is 5.92 Å². The molecule has 2 unspecified atom stereocenters. The van der Waals surface area contributed by atoms with Gasteiger partial charge in [0.2, 0.25) is 0 Å². The van der Waals surface area contributed by atoms with Crippen molar-refractivity contribution in [2.24, 2.45) is 5.92 Å². The van der Waals surface area contributed by atoms with Crippen molar-refractivity contribution < 1.29 is 27.0 Å². The number of benzene rings is 1. The van der Waals surface area contributed by atoms with Crippen LogP contribution in [0.25, 0.3) is 0 Å². The molecular weight excluding hydrogens is 394 g/mol. The van der Waals surface area contributed by atoms with Crippen LogP contribution in [0.4, 0.5) is 8.78 Å². The Bertz CT molecular complexity index is 832. The molecule has 0 amide bonds. The summed E-state index contributed by atoms with van der Waals surface area (Å²) in [6.45, 7) is 1.43. The van der Waals surface area contributed by atoms with E-state index in [9.17, 15) is 22.3 Å². The van der Waals surface area contributed by atoms with Crippen LogP contribution in [0.2, 0.25) is 0 Å². The van der Waals surface area contributed by atoms with Crippen molar-refractivity contribution in [3.8, 4) is 5.75 Å². The minimum Gasteiger partial charge on any atom is -0.456 e. The Kier molecular flexibility index (Phi) is 4.10. The number of halogens is 3. The van der Waals surface area contributed by atoms with Crippen LogP contribution in [0.1, 0.15) is 18.6 Å². The molecule has 8 heteroatoms. The highest BCUT2D eigenvalue weighted by atomic mass is 79.9. The molecule has 1 aliphatic carbocycles. The third-order valence-corrected chi connectivity index (χ3v) is 6.49. The summed E-state index contributed by atoms with van der Waals surface area (Å²) >= 11 is 3.21. The van der Waals surface area contributed by atoms with E-state index in [0.29, 0.717) is 0 Å². The van der Waals surface area contributed by atoms with Gasteiger partial charge in [0.25, 0.3) is 0 Å². The SMILES string of the molecule is CC1C(F)=CC(Oc2ccc3c(c2Br)[C@@H](O)CS3(=O)=O)=CC1F.